The van der Waals surface area contributed by atoms with E-state index in [0.29, 0.717) is 0 Å². The molecule has 0 N–H and O–H groups in total. The third kappa shape index (κ3) is 3.69. The fraction of sp³-hybridized carbons (Fsp3) is 0.500. The zero-order chi connectivity index (χ0) is 10.2. The third-order valence-corrected chi connectivity index (χ3v) is 1.68. The minimum atomic E-state index is 0.730. The molecule has 0 aromatic heterocycles. The fourth-order valence-corrected chi connectivity index (χ4v) is 1.03. The Labute approximate surface area is 85.8 Å². The molecule has 0 spiro atoms. The molecular weight excluding hydrogens is 176 g/mol. The van der Waals surface area contributed by atoms with Crippen LogP contribution in [-0.4, -0.2) is 13.2 Å². The molecular formula is C12H17O2. The molecule has 0 fully saturated rings. The highest BCUT2D eigenvalue weighted by atomic mass is 16.5. The molecule has 0 bridgehead atoms. The Hall–Kier alpha value is -1.18. The molecule has 0 heterocycles. The van der Waals surface area contributed by atoms with E-state index in [4.69, 9.17) is 9.47 Å². The molecule has 0 aliphatic carbocycles. The van der Waals surface area contributed by atoms with Crippen LogP contribution in [0, 0.1) is 6.07 Å². The monoisotopic (exact) mass is 193 g/mol. The first-order chi connectivity index (χ1) is 6.86. The molecule has 0 saturated heterocycles. The van der Waals surface area contributed by atoms with Gasteiger partial charge in [-0.2, -0.15) is 0 Å². The van der Waals surface area contributed by atoms with Gasteiger partial charge in [0.1, 0.15) is 11.5 Å². The van der Waals surface area contributed by atoms with E-state index in [1.165, 1.54) is 0 Å². The Morgan fingerprint density at radius 1 is 1.14 bits per heavy atom. The van der Waals surface area contributed by atoms with Crippen LogP contribution in [0.15, 0.2) is 18.2 Å². The summed E-state index contributed by atoms with van der Waals surface area (Å²) in [6, 6.07) is 8.62. The first-order valence-electron chi connectivity index (χ1n) is 5.14. The summed E-state index contributed by atoms with van der Waals surface area (Å²) in [5.74, 6) is 1.62. The zero-order valence-electron chi connectivity index (χ0n) is 8.88. The molecule has 2 nitrogen and oxygen atoms in total. The predicted molar refractivity (Wildman–Crippen MR) is 56.9 cm³/mol. The second kappa shape index (κ2) is 6.30. The van der Waals surface area contributed by atoms with Crippen molar-refractivity contribution in [2.24, 2.45) is 0 Å². The number of rotatable bonds is 6. The van der Waals surface area contributed by atoms with Crippen LogP contribution < -0.4 is 9.47 Å². The summed E-state index contributed by atoms with van der Waals surface area (Å²) in [7, 11) is 0. The van der Waals surface area contributed by atoms with E-state index < -0.39 is 0 Å². The van der Waals surface area contributed by atoms with Gasteiger partial charge in [-0.25, -0.2) is 0 Å². The largest absolute Gasteiger partial charge is 0.493 e. The topological polar surface area (TPSA) is 18.5 Å². The molecule has 1 radical (unpaired) electrons. The fourth-order valence-electron chi connectivity index (χ4n) is 1.03. The number of hydrogen-bond donors (Lipinski definition) is 0. The number of benzene rings is 1. The maximum absolute atomic E-state index is 5.48. The van der Waals surface area contributed by atoms with Crippen molar-refractivity contribution in [2.45, 2.75) is 26.7 Å². The molecule has 0 aliphatic rings. The van der Waals surface area contributed by atoms with E-state index in [-0.39, 0.29) is 0 Å². The third-order valence-electron chi connectivity index (χ3n) is 1.68. The summed E-state index contributed by atoms with van der Waals surface area (Å²) in [5, 5.41) is 0. The standard InChI is InChI=1S/C12H17O2/c1-3-8-13-11-6-5-7-12(10-11)14-9-4-2/h5-6,10H,3-4,8-9H2,1-2H3. The van der Waals surface area contributed by atoms with Gasteiger partial charge in [-0.3, -0.25) is 0 Å². The van der Waals surface area contributed by atoms with Gasteiger partial charge >= 0.3 is 0 Å². The molecule has 77 valence electrons. The normalized spacial score (nSPS) is 9.86. The molecule has 0 atom stereocenters. The molecule has 0 unspecified atom stereocenters. The molecule has 1 aromatic carbocycles. The Balaban J connectivity index is 2.50. The Bertz CT molecular complexity index is 235. The lowest BCUT2D eigenvalue weighted by molar-refractivity contribution is 0.301. The summed E-state index contributed by atoms with van der Waals surface area (Å²) in [6.07, 6.45) is 2.03. The van der Waals surface area contributed by atoms with Crippen LogP contribution in [0.4, 0.5) is 0 Å². The van der Waals surface area contributed by atoms with Crippen molar-refractivity contribution < 1.29 is 9.47 Å². The van der Waals surface area contributed by atoms with E-state index in [9.17, 15) is 0 Å². The lowest BCUT2D eigenvalue weighted by atomic mass is 10.3. The van der Waals surface area contributed by atoms with Crippen LogP contribution in [0.3, 0.4) is 0 Å². The van der Waals surface area contributed by atoms with E-state index in [2.05, 4.69) is 19.9 Å². The maximum Gasteiger partial charge on any atom is 0.130 e. The molecule has 1 rings (SSSR count). The Morgan fingerprint density at radius 2 is 1.86 bits per heavy atom. The van der Waals surface area contributed by atoms with Gasteiger partial charge in [0.25, 0.3) is 0 Å². The van der Waals surface area contributed by atoms with Crippen LogP contribution in [0.1, 0.15) is 26.7 Å². The van der Waals surface area contributed by atoms with Crippen LogP contribution in [0.2, 0.25) is 0 Å². The number of ether oxygens (including phenoxy) is 2. The van der Waals surface area contributed by atoms with Crippen molar-refractivity contribution in [3.63, 3.8) is 0 Å². The molecule has 0 aliphatic heterocycles. The van der Waals surface area contributed by atoms with E-state index in [1.54, 1.807) is 0 Å². The second-order valence-corrected chi connectivity index (χ2v) is 3.09. The molecule has 14 heavy (non-hydrogen) atoms. The average Bonchev–Trinajstić information content (AvgIpc) is 2.24. The van der Waals surface area contributed by atoms with E-state index in [0.717, 1.165) is 37.6 Å². The van der Waals surface area contributed by atoms with Crippen molar-refractivity contribution in [3.05, 3.63) is 24.3 Å². The Morgan fingerprint density at radius 3 is 2.57 bits per heavy atom. The maximum atomic E-state index is 5.48. The molecule has 2 heteroatoms. The quantitative estimate of drug-likeness (QED) is 0.691. The smallest absolute Gasteiger partial charge is 0.130 e. The van der Waals surface area contributed by atoms with Gasteiger partial charge in [-0.05, 0) is 25.0 Å². The summed E-state index contributed by atoms with van der Waals surface area (Å²) in [5.41, 5.74) is 0. The summed E-state index contributed by atoms with van der Waals surface area (Å²) in [6.45, 7) is 5.64. The van der Waals surface area contributed by atoms with Gasteiger partial charge in [0.15, 0.2) is 0 Å². The van der Waals surface area contributed by atoms with Crippen molar-refractivity contribution in [1.29, 1.82) is 0 Å². The van der Waals surface area contributed by atoms with Gasteiger partial charge in [0.2, 0.25) is 0 Å². The highest BCUT2D eigenvalue weighted by Gasteiger charge is 1.96. The van der Waals surface area contributed by atoms with Crippen LogP contribution in [0.25, 0.3) is 0 Å². The predicted octanol–water partition coefficient (Wildman–Crippen LogP) is 3.06. The van der Waals surface area contributed by atoms with Crippen LogP contribution in [0.5, 0.6) is 11.5 Å². The summed E-state index contributed by atoms with van der Waals surface area (Å²) < 4.78 is 10.9. The van der Waals surface area contributed by atoms with Crippen molar-refractivity contribution >= 4 is 0 Å². The molecule has 0 amide bonds. The van der Waals surface area contributed by atoms with Gasteiger partial charge < -0.3 is 9.47 Å². The van der Waals surface area contributed by atoms with Crippen molar-refractivity contribution in [1.82, 2.24) is 0 Å². The minimum absolute atomic E-state index is 0.730. The summed E-state index contributed by atoms with van der Waals surface area (Å²) >= 11 is 0. The minimum Gasteiger partial charge on any atom is -0.493 e. The van der Waals surface area contributed by atoms with E-state index in [1.807, 2.05) is 18.2 Å². The SMILES string of the molecule is CCCOc1[c]ccc(OCCC)c1. The van der Waals surface area contributed by atoms with Crippen LogP contribution >= 0.6 is 0 Å². The first-order valence-corrected chi connectivity index (χ1v) is 5.14. The van der Waals surface area contributed by atoms with Crippen molar-refractivity contribution in [3.8, 4) is 11.5 Å². The van der Waals surface area contributed by atoms with E-state index >= 15 is 0 Å². The lowest BCUT2D eigenvalue weighted by Crippen LogP contribution is -1.97. The van der Waals surface area contributed by atoms with Crippen LogP contribution in [-0.2, 0) is 0 Å². The summed E-state index contributed by atoms with van der Waals surface area (Å²) in [4.78, 5) is 0. The van der Waals surface area contributed by atoms with Crippen molar-refractivity contribution in [2.75, 3.05) is 13.2 Å². The Kier molecular flexibility index (Phi) is 4.90. The van der Waals surface area contributed by atoms with Gasteiger partial charge in [-0.1, -0.05) is 13.8 Å². The van der Waals surface area contributed by atoms with Gasteiger partial charge in [0, 0.05) is 12.1 Å². The molecule has 1 aromatic rings. The average molecular weight is 193 g/mol. The lowest BCUT2D eigenvalue weighted by Gasteiger charge is -2.07. The van der Waals surface area contributed by atoms with Gasteiger partial charge in [0.05, 0.1) is 13.2 Å². The first kappa shape index (κ1) is 10.9. The highest BCUT2D eigenvalue weighted by molar-refractivity contribution is 5.31. The van der Waals surface area contributed by atoms with Gasteiger partial charge in [-0.15, -0.1) is 0 Å². The zero-order valence-corrected chi connectivity index (χ0v) is 8.88. The highest BCUT2D eigenvalue weighted by Crippen LogP contribution is 2.18. The number of hydrogen-bond acceptors (Lipinski definition) is 2. The molecule has 0 saturated carbocycles. The second-order valence-electron chi connectivity index (χ2n) is 3.09.